The average Bonchev–Trinajstić information content (AvgIpc) is 2.48. The highest BCUT2D eigenvalue weighted by atomic mass is 16.5. The lowest BCUT2D eigenvalue weighted by Crippen LogP contribution is -2.33. The van der Waals surface area contributed by atoms with E-state index in [0.717, 1.165) is 5.56 Å². The molecule has 2 aromatic rings. The number of hydrogen-bond acceptors (Lipinski definition) is 5. The van der Waals surface area contributed by atoms with Gasteiger partial charge in [-0.1, -0.05) is 30.3 Å². The van der Waals surface area contributed by atoms with Crippen LogP contribution in [0.15, 0.2) is 42.6 Å². The van der Waals surface area contributed by atoms with E-state index in [9.17, 15) is 5.11 Å². The van der Waals surface area contributed by atoms with Crippen LogP contribution in [0.2, 0.25) is 0 Å². The number of hydrogen-bond donors (Lipinski definition) is 2. The number of nitrogens with zero attached hydrogens (tertiary/aromatic N) is 2. The maximum absolute atomic E-state index is 10.2. The van der Waals surface area contributed by atoms with Crippen LogP contribution in [0.4, 0.5) is 5.95 Å². The molecule has 20 heavy (non-hydrogen) atoms. The maximum Gasteiger partial charge on any atom is 0.226 e. The van der Waals surface area contributed by atoms with E-state index in [0.29, 0.717) is 18.2 Å². The number of methoxy groups -OCH3 is 1. The summed E-state index contributed by atoms with van der Waals surface area (Å²) in [4.78, 5) is 8.27. The van der Waals surface area contributed by atoms with E-state index in [-0.39, 0.29) is 6.04 Å². The zero-order valence-corrected chi connectivity index (χ0v) is 11.7. The van der Waals surface area contributed by atoms with Gasteiger partial charge in [-0.2, -0.15) is 4.98 Å². The quantitative estimate of drug-likeness (QED) is 0.841. The van der Waals surface area contributed by atoms with Gasteiger partial charge in [-0.3, -0.25) is 0 Å². The molecule has 2 rings (SSSR count). The van der Waals surface area contributed by atoms with Crippen LogP contribution in [0.1, 0.15) is 12.5 Å². The molecule has 0 aliphatic rings. The largest absolute Gasteiger partial charge is 0.481 e. The number of aliphatic hydroxyl groups excluding tert-OH is 1. The molecule has 0 amide bonds. The second kappa shape index (κ2) is 6.86. The molecule has 5 heteroatoms. The minimum Gasteiger partial charge on any atom is -0.481 e. The van der Waals surface area contributed by atoms with Gasteiger partial charge in [0, 0.05) is 18.7 Å². The Hall–Kier alpha value is -2.14. The van der Waals surface area contributed by atoms with Crippen LogP contribution in [0.3, 0.4) is 0 Å². The SMILES string of the molecule is COc1ccnc(NC(C)C(O)Cc2ccccc2)n1. The smallest absolute Gasteiger partial charge is 0.226 e. The summed E-state index contributed by atoms with van der Waals surface area (Å²) < 4.78 is 5.04. The van der Waals surface area contributed by atoms with Gasteiger partial charge in [-0.25, -0.2) is 4.98 Å². The first kappa shape index (κ1) is 14.3. The summed E-state index contributed by atoms with van der Waals surface area (Å²) >= 11 is 0. The molecule has 2 N–H and O–H groups in total. The lowest BCUT2D eigenvalue weighted by atomic mass is 10.0. The van der Waals surface area contributed by atoms with Crippen LogP contribution < -0.4 is 10.1 Å². The van der Waals surface area contributed by atoms with Gasteiger partial charge in [0.05, 0.1) is 19.3 Å². The molecule has 5 nitrogen and oxygen atoms in total. The van der Waals surface area contributed by atoms with Crippen molar-refractivity contribution < 1.29 is 9.84 Å². The maximum atomic E-state index is 10.2. The zero-order chi connectivity index (χ0) is 14.4. The van der Waals surface area contributed by atoms with Crippen molar-refractivity contribution in [3.8, 4) is 5.88 Å². The van der Waals surface area contributed by atoms with E-state index in [1.165, 1.54) is 0 Å². The van der Waals surface area contributed by atoms with Crippen molar-refractivity contribution in [2.24, 2.45) is 0 Å². The Balaban J connectivity index is 1.95. The van der Waals surface area contributed by atoms with Crippen LogP contribution in [-0.2, 0) is 6.42 Å². The first-order valence-electron chi connectivity index (χ1n) is 6.54. The number of aromatic nitrogens is 2. The Morgan fingerprint density at radius 1 is 1.25 bits per heavy atom. The molecule has 2 atom stereocenters. The van der Waals surface area contributed by atoms with Crippen molar-refractivity contribution in [1.82, 2.24) is 9.97 Å². The summed E-state index contributed by atoms with van der Waals surface area (Å²) in [5, 5.41) is 13.3. The lowest BCUT2D eigenvalue weighted by molar-refractivity contribution is 0.158. The summed E-state index contributed by atoms with van der Waals surface area (Å²) in [7, 11) is 1.56. The van der Waals surface area contributed by atoms with Crippen molar-refractivity contribution in [3.05, 3.63) is 48.2 Å². The third-order valence-electron chi connectivity index (χ3n) is 3.06. The van der Waals surface area contributed by atoms with Gasteiger partial charge in [0.25, 0.3) is 0 Å². The topological polar surface area (TPSA) is 67.3 Å². The number of anilines is 1. The highest BCUT2D eigenvalue weighted by Crippen LogP contribution is 2.11. The molecule has 0 radical (unpaired) electrons. The van der Waals surface area contributed by atoms with E-state index in [1.54, 1.807) is 19.4 Å². The Bertz CT molecular complexity index is 534. The first-order valence-corrected chi connectivity index (χ1v) is 6.54. The van der Waals surface area contributed by atoms with E-state index >= 15 is 0 Å². The summed E-state index contributed by atoms with van der Waals surface area (Å²) in [6.07, 6.45) is 1.68. The normalized spacial score (nSPS) is 13.6. The van der Waals surface area contributed by atoms with Gasteiger partial charge >= 0.3 is 0 Å². The number of rotatable bonds is 6. The molecule has 0 spiro atoms. The minimum atomic E-state index is -0.521. The third-order valence-corrected chi connectivity index (χ3v) is 3.06. The van der Waals surface area contributed by atoms with Gasteiger partial charge in [0.1, 0.15) is 0 Å². The van der Waals surface area contributed by atoms with Crippen molar-refractivity contribution >= 4 is 5.95 Å². The molecule has 2 unspecified atom stereocenters. The van der Waals surface area contributed by atoms with E-state index < -0.39 is 6.10 Å². The highest BCUT2D eigenvalue weighted by Gasteiger charge is 2.15. The third kappa shape index (κ3) is 3.93. The molecule has 0 aliphatic carbocycles. The molecule has 0 bridgehead atoms. The molecule has 1 heterocycles. The van der Waals surface area contributed by atoms with Gasteiger partial charge < -0.3 is 15.2 Å². The lowest BCUT2D eigenvalue weighted by Gasteiger charge is -2.20. The number of ether oxygens (including phenoxy) is 1. The van der Waals surface area contributed by atoms with Crippen LogP contribution in [0.25, 0.3) is 0 Å². The summed E-state index contributed by atoms with van der Waals surface area (Å²) in [6, 6.07) is 11.4. The van der Waals surface area contributed by atoms with Crippen molar-refractivity contribution in [2.75, 3.05) is 12.4 Å². The van der Waals surface area contributed by atoms with Gasteiger partial charge in [-0.15, -0.1) is 0 Å². The number of aliphatic hydroxyl groups is 1. The van der Waals surface area contributed by atoms with Crippen LogP contribution >= 0.6 is 0 Å². The minimum absolute atomic E-state index is 0.165. The van der Waals surface area contributed by atoms with E-state index in [4.69, 9.17) is 4.74 Å². The predicted molar refractivity (Wildman–Crippen MR) is 77.8 cm³/mol. The molecule has 1 aromatic carbocycles. The summed E-state index contributed by atoms with van der Waals surface area (Å²) in [6.45, 7) is 1.90. The van der Waals surface area contributed by atoms with E-state index in [1.807, 2.05) is 37.3 Å². The Kier molecular flexibility index (Phi) is 4.90. The molecular weight excluding hydrogens is 254 g/mol. The molecule has 106 valence electrons. The molecule has 1 aromatic heterocycles. The Morgan fingerprint density at radius 2 is 2.00 bits per heavy atom. The molecule has 0 fully saturated rings. The van der Waals surface area contributed by atoms with Crippen molar-refractivity contribution in [1.29, 1.82) is 0 Å². The number of benzene rings is 1. The standard InChI is InChI=1S/C15H19N3O2/c1-11(13(19)10-12-6-4-3-5-7-12)17-15-16-9-8-14(18-15)20-2/h3-9,11,13,19H,10H2,1-2H3,(H,16,17,18). The second-order valence-corrected chi connectivity index (χ2v) is 4.61. The Labute approximate surface area is 118 Å². The molecule has 0 aliphatic heterocycles. The zero-order valence-electron chi connectivity index (χ0n) is 11.7. The van der Waals surface area contributed by atoms with Crippen LogP contribution in [0, 0.1) is 0 Å². The predicted octanol–water partition coefficient (Wildman–Crippen LogP) is 1.89. The van der Waals surface area contributed by atoms with Gasteiger partial charge in [-0.05, 0) is 12.5 Å². The van der Waals surface area contributed by atoms with Crippen molar-refractivity contribution in [3.63, 3.8) is 0 Å². The van der Waals surface area contributed by atoms with Gasteiger partial charge in [0.2, 0.25) is 11.8 Å². The highest BCUT2D eigenvalue weighted by molar-refractivity contribution is 5.29. The fourth-order valence-corrected chi connectivity index (χ4v) is 1.86. The molecule has 0 saturated carbocycles. The second-order valence-electron chi connectivity index (χ2n) is 4.61. The fourth-order valence-electron chi connectivity index (χ4n) is 1.86. The van der Waals surface area contributed by atoms with Crippen LogP contribution in [0.5, 0.6) is 5.88 Å². The van der Waals surface area contributed by atoms with Crippen LogP contribution in [-0.4, -0.2) is 34.3 Å². The summed E-state index contributed by atoms with van der Waals surface area (Å²) in [5.74, 6) is 0.941. The summed E-state index contributed by atoms with van der Waals surface area (Å²) in [5.41, 5.74) is 1.10. The molecular formula is C15H19N3O2. The van der Waals surface area contributed by atoms with Gasteiger partial charge in [0.15, 0.2) is 0 Å². The number of nitrogens with one attached hydrogen (secondary N) is 1. The monoisotopic (exact) mass is 273 g/mol. The molecule has 0 saturated heterocycles. The first-order chi connectivity index (χ1) is 9.69. The Morgan fingerprint density at radius 3 is 2.70 bits per heavy atom. The van der Waals surface area contributed by atoms with Crippen molar-refractivity contribution in [2.45, 2.75) is 25.5 Å². The fraction of sp³-hybridized carbons (Fsp3) is 0.333. The average molecular weight is 273 g/mol. The van der Waals surface area contributed by atoms with E-state index in [2.05, 4.69) is 15.3 Å².